The molecule has 1 fully saturated rings. The third kappa shape index (κ3) is 2.32. The minimum atomic E-state index is -0.372. The van der Waals surface area contributed by atoms with Gasteiger partial charge in [0.1, 0.15) is 17.9 Å². The van der Waals surface area contributed by atoms with Gasteiger partial charge in [-0.1, -0.05) is 20.3 Å². The first-order valence-corrected chi connectivity index (χ1v) is 6.73. The molecule has 0 bridgehead atoms. The van der Waals surface area contributed by atoms with Crippen LogP contribution in [0.1, 0.15) is 45.4 Å². The van der Waals surface area contributed by atoms with E-state index in [4.69, 9.17) is 5.73 Å². The first kappa shape index (κ1) is 13.2. The fraction of sp³-hybridized carbons (Fsp3) is 0.769. The number of carbonyl (C=O) groups is 1. The highest BCUT2D eigenvalue weighted by atomic mass is 16.1. The third-order valence-electron chi connectivity index (χ3n) is 4.12. The Morgan fingerprint density at radius 1 is 1.67 bits per heavy atom. The van der Waals surface area contributed by atoms with Gasteiger partial charge in [0.15, 0.2) is 0 Å². The zero-order valence-electron chi connectivity index (χ0n) is 11.2. The van der Waals surface area contributed by atoms with E-state index in [1.807, 2.05) is 11.6 Å². The highest BCUT2D eigenvalue weighted by Crippen LogP contribution is 2.38. The van der Waals surface area contributed by atoms with Gasteiger partial charge >= 0.3 is 0 Å². The van der Waals surface area contributed by atoms with E-state index in [1.165, 1.54) is 6.33 Å². The summed E-state index contributed by atoms with van der Waals surface area (Å²) in [5.41, 5.74) is 5.70. The predicted molar refractivity (Wildman–Crippen MR) is 69.0 cm³/mol. The second-order valence-electron chi connectivity index (χ2n) is 5.42. The maximum absolute atomic E-state index is 12.4. The van der Waals surface area contributed by atoms with E-state index in [2.05, 4.69) is 17.0 Å². The van der Waals surface area contributed by atoms with Gasteiger partial charge in [-0.2, -0.15) is 5.10 Å². The summed E-state index contributed by atoms with van der Waals surface area (Å²) in [4.78, 5) is 16.6. The van der Waals surface area contributed by atoms with Crippen LogP contribution in [-0.2, 0) is 17.8 Å². The van der Waals surface area contributed by atoms with Crippen LogP contribution in [0, 0.1) is 5.41 Å². The van der Waals surface area contributed by atoms with Gasteiger partial charge in [0.25, 0.3) is 0 Å². The number of rotatable bonds is 5. The molecule has 1 aromatic rings. The Bertz CT molecular complexity index is 428. The standard InChI is InChI=1S/C13H22N4O/c1-3-7-17-12(15-9-16-17)8-11(18)13(2)6-4-5-10(13)14/h9-10H,3-8,14H2,1-2H3. The molecule has 1 saturated carbocycles. The minimum absolute atomic E-state index is 0.00690. The van der Waals surface area contributed by atoms with Gasteiger partial charge in [0.05, 0.1) is 6.42 Å². The monoisotopic (exact) mass is 250 g/mol. The smallest absolute Gasteiger partial charge is 0.147 e. The van der Waals surface area contributed by atoms with E-state index in [-0.39, 0.29) is 17.2 Å². The van der Waals surface area contributed by atoms with Crippen molar-refractivity contribution in [2.45, 2.75) is 58.5 Å². The van der Waals surface area contributed by atoms with E-state index < -0.39 is 0 Å². The molecule has 0 aromatic carbocycles. The molecule has 0 amide bonds. The molecular weight excluding hydrogens is 228 g/mol. The van der Waals surface area contributed by atoms with Crippen LogP contribution in [0.15, 0.2) is 6.33 Å². The number of hydrogen-bond acceptors (Lipinski definition) is 4. The summed E-state index contributed by atoms with van der Waals surface area (Å²) >= 11 is 0. The zero-order chi connectivity index (χ0) is 13.2. The van der Waals surface area contributed by atoms with Crippen molar-refractivity contribution in [3.8, 4) is 0 Å². The van der Waals surface area contributed by atoms with Gasteiger partial charge in [0.2, 0.25) is 0 Å². The lowest BCUT2D eigenvalue weighted by Gasteiger charge is -2.27. The Kier molecular flexibility index (Phi) is 3.80. The van der Waals surface area contributed by atoms with Gasteiger partial charge in [-0.25, -0.2) is 9.67 Å². The number of Topliss-reactive ketones (excluding diaryl/α,β-unsaturated/α-hetero) is 1. The summed E-state index contributed by atoms with van der Waals surface area (Å²) in [6.45, 7) is 4.89. The summed E-state index contributed by atoms with van der Waals surface area (Å²) in [6.07, 6.45) is 5.75. The van der Waals surface area contributed by atoms with Crippen LogP contribution in [0.3, 0.4) is 0 Å². The fourth-order valence-corrected chi connectivity index (χ4v) is 2.71. The Balaban J connectivity index is 2.09. The molecule has 5 nitrogen and oxygen atoms in total. The van der Waals surface area contributed by atoms with Crippen molar-refractivity contribution in [2.75, 3.05) is 0 Å². The first-order valence-electron chi connectivity index (χ1n) is 6.73. The van der Waals surface area contributed by atoms with E-state index in [0.29, 0.717) is 6.42 Å². The Morgan fingerprint density at radius 2 is 2.44 bits per heavy atom. The molecular formula is C13H22N4O. The molecule has 1 aliphatic carbocycles. The molecule has 5 heteroatoms. The van der Waals surface area contributed by atoms with Crippen molar-refractivity contribution < 1.29 is 4.79 Å². The average Bonchev–Trinajstić information content (AvgIpc) is 2.89. The Morgan fingerprint density at radius 3 is 3.06 bits per heavy atom. The number of ketones is 1. The number of hydrogen-bond donors (Lipinski definition) is 1. The van der Waals surface area contributed by atoms with Gasteiger partial charge in [-0.3, -0.25) is 4.79 Å². The van der Waals surface area contributed by atoms with Gasteiger partial charge in [0, 0.05) is 18.0 Å². The van der Waals surface area contributed by atoms with Crippen LogP contribution in [0.4, 0.5) is 0 Å². The maximum atomic E-state index is 12.4. The number of aromatic nitrogens is 3. The van der Waals surface area contributed by atoms with Gasteiger partial charge in [-0.05, 0) is 19.3 Å². The van der Waals surface area contributed by atoms with Crippen molar-refractivity contribution >= 4 is 5.78 Å². The zero-order valence-corrected chi connectivity index (χ0v) is 11.2. The van der Waals surface area contributed by atoms with Crippen molar-refractivity contribution in [1.82, 2.24) is 14.8 Å². The number of nitrogens with zero attached hydrogens (tertiary/aromatic N) is 3. The lowest BCUT2D eigenvalue weighted by atomic mass is 9.79. The molecule has 2 N–H and O–H groups in total. The second kappa shape index (κ2) is 5.18. The number of nitrogens with two attached hydrogens (primary N) is 1. The molecule has 0 saturated heterocycles. The number of aryl methyl sites for hydroxylation is 1. The molecule has 2 rings (SSSR count). The van der Waals surface area contributed by atoms with Crippen molar-refractivity contribution in [1.29, 1.82) is 0 Å². The Hall–Kier alpha value is -1.23. The summed E-state index contributed by atoms with van der Waals surface area (Å²) in [5, 5.41) is 4.15. The molecule has 0 aliphatic heterocycles. The predicted octanol–water partition coefficient (Wildman–Crippen LogP) is 1.32. The second-order valence-corrected chi connectivity index (χ2v) is 5.42. The summed E-state index contributed by atoms with van der Waals surface area (Å²) in [6, 6.07) is -0.00690. The molecule has 2 atom stereocenters. The summed E-state index contributed by atoms with van der Waals surface area (Å²) < 4.78 is 1.82. The topological polar surface area (TPSA) is 73.8 Å². The van der Waals surface area contributed by atoms with Crippen LogP contribution in [-0.4, -0.2) is 26.6 Å². The summed E-state index contributed by atoms with van der Waals surface area (Å²) in [7, 11) is 0. The first-order chi connectivity index (χ1) is 8.58. The van der Waals surface area contributed by atoms with Gasteiger partial charge in [-0.15, -0.1) is 0 Å². The third-order valence-corrected chi connectivity index (χ3v) is 4.12. The fourth-order valence-electron chi connectivity index (χ4n) is 2.71. The number of carbonyl (C=O) groups excluding carboxylic acids is 1. The quantitative estimate of drug-likeness (QED) is 0.855. The maximum Gasteiger partial charge on any atom is 0.147 e. The molecule has 18 heavy (non-hydrogen) atoms. The molecule has 1 aliphatic rings. The highest BCUT2D eigenvalue weighted by Gasteiger charge is 2.42. The molecule has 0 radical (unpaired) electrons. The van der Waals surface area contributed by atoms with Crippen LogP contribution >= 0.6 is 0 Å². The highest BCUT2D eigenvalue weighted by molar-refractivity contribution is 5.87. The molecule has 1 aromatic heterocycles. The SMILES string of the molecule is CCCn1ncnc1CC(=O)C1(C)CCCC1N. The normalized spacial score (nSPS) is 27.6. The average molecular weight is 250 g/mol. The van der Waals surface area contributed by atoms with Crippen LogP contribution < -0.4 is 5.73 Å². The van der Waals surface area contributed by atoms with Crippen molar-refractivity contribution in [2.24, 2.45) is 11.1 Å². The lowest BCUT2D eigenvalue weighted by molar-refractivity contribution is -0.127. The largest absolute Gasteiger partial charge is 0.327 e. The van der Waals surface area contributed by atoms with E-state index in [9.17, 15) is 4.79 Å². The van der Waals surface area contributed by atoms with Crippen molar-refractivity contribution in [3.05, 3.63) is 12.2 Å². The van der Waals surface area contributed by atoms with Crippen LogP contribution in [0.5, 0.6) is 0 Å². The van der Waals surface area contributed by atoms with E-state index in [1.54, 1.807) is 0 Å². The van der Waals surface area contributed by atoms with Crippen molar-refractivity contribution in [3.63, 3.8) is 0 Å². The van der Waals surface area contributed by atoms with Crippen LogP contribution in [0.2, 0.25) is 0 Å². The summed E-state index contributed by atoms with van der Waals surface area (Å²) in [5.74, 6) is 0.972. The molecule has 100 valence electrons. The van der Waals surface area contributed by atoms with E-state index >= 15 is 0 Å². The van der Waals surface area contributed by atoms with Gasteiger partial charge < -0.3 is 5.73 Å². The molecule has 1 heterocycles. The lowest BCUT2D eigenvalue weighted by Crippen LogP contribution is -2.42. The molecule has 2 unspecified atom stereocenters. The molecule has 0 spiro atoms. The van der Waals surface area contributed by atoms with Crippen LogP contribution in [0.25, 0.3) is 0 Å². The van der Waals surface area contributed by atoms with E-state index in [0.717, 1.165) is 38.1 Å². The minimum Gasteiger partial charge on any atom is -0.327 e. The Labute approximate surface area is 108 Å².